The van der Waals surface area contributed by atoms with Crippen LogP contribution in [0.15, 0.2) is 0 Å². The maximum atomic E-state index is 8.90. The molecule has 2 heteroatoms. The minimum Gasteiger partial charge on any atom is -0.377 e. The number of nitrogens with zero attached hydrogens (tertiary/aromatic N) is 1. The van der Waals surface area contributed by atoms with E-state index >= 15 is 0 Å². The third-order valence-electron chi connectivity index (χ3n) is 2.51. The van der Waals surface area contributed by atoms with E-state index in [9.17, 15) is 0 Å². The van der Waals surface area contributed by atoms with Gasteiger partial charge < -0.3 is 4.74 Å². The Balaban J connectivity index is 2.33. The van der Waals surface area contributed by atoms with Gasteiger partial charge in [0.15, 0.2) is 0 Å². The Kier molecular flexibility index (Phi) is 4.24. The van der Waals surface area contributed by atoms with Gasteiger partial charge >= 0.3 is 0 Å². The van der Waals surface area contributed by atoms with Crippen molar-refractivity contribution >= 4 is 0 Å². The van der Waals surface area contributed by atoms with Crippen molar-refractivity contribution in [2.45, 2.75) is 45.6 Å². The van der Waals surface area contributed by atoms with Crippen LogP contribution >= 0.6 is 0 Å². The molecule has 1 aliphatic carbocycles. The largest absolute Gasteiger partial charge is 0.377 e. The molecule has 1 fully saturated rings. The van der Waals surface area contributed by atoms with E-state index in [0.29, 0.717) is 5.92 Å². The minimum absolute atomic E-state index is 0.146. The minimum atomic E-state index is 0.146. The molecule has 1 saturated carbocycles. The highest BCUT2D eigenvalue weighted by atomic mass is 16.5. The normalized spacial score (nSPS) is 28.8. The van der Waals surface area contributed by atoms with Crippen molar-refractivity contribution in [2.75, 3.05) is 6.61 Å². The van der Waals surface area contributed by atoms with Crippen LogP contribution in [0.4, 0.5) is 0 Å². The van der Waals surface area contributed by atoms with Gasteiger partial charge in [-0.3, -0.25) is 0 Å². The summed E-state index contributed by atoms with van der Waals surface area (Å²) < 4.78 is 5.73. The molecule has 0 heterocycles. The number of hydrogen-bond acceptors (Lipinski definition) is 2. The van der Waals surface area contributed by atoms with Gasteiger partial charge in [-0.1, -0.05) is 26.7 Å². The third-order valence-corrected chi connectivity index (χ3v) is 2.51. The van der Waals surface area contributed by atoms with Crippen LogP contribution in [0.5, 0.6) is 0 Å². The first-order valence-corrected chi connectivity index (χ1v) is 5.25. The lowest BCUT2D eigenvalue weighted by Crippen LogP contribution is -2.27. The molecule has 0 radical (unpaired) electrons. The molecule has 2 nitrogen and oxygen atoms in total. The van der Waals surface area contributed by atoms with Crippen molar-refractivity contribution in [2.24, 2.45) is 11.8 Å². The molecular formula is C11H19NO. The zero-order valence-corrected chi connectivity index (χ0v) is 8.62. The summed E-state index contributed by atoms with van der Waals surface area (Å²) in [6.07, 6.45) is 4.73. The van der Waals surface area contributed by atoms with Crippen molar-refractivity contribution in [1.29, 1.82) is 5.26 Å². The summed E-state index contributed by atoms with van der Waals surface area (Å²) in [6, 6.07) is 2.35. The Hall–Kier alpha value is -0.550. The zero-order chi connectivity index (χ0) is 9.68. The Bertz CT molecular complexity index is 183. The van der Waals surface area contributed by atoms with Crippen molar-refractivity contribution in [3.8, 4) is 6.07 Å². The quantitative estimate of drug-likeness (QED) is 0.670. The molecule has 0 bridgehead atoms. The highest BCUT2D eigenvalue weighted by Gasteiger charge is 2.25. The van der Waals surface area contributed by atoms with Gasteiger partial charge in [0.25, 0.3) is 0 Å². The topological polar surface area (TPSA) is 33.0 Å². The molecule has 0 aromatic heterocycles. The Morgan fingerprint density at radius 1 is 1.38 bits per heavy atom. The molecule has 13 heavy (non-hydrogen) atoms. The summed E-state index contributed by atoms with van der Waals surface area (Å²) >= 11 is 0. The third kappa shape index (κ3) is 3.36. The first-order chi connectivity index (χ1) is 6.24. The lowest BCUT2D eigenvalue weighted by atomic mass is 9.87. The molecule has 0 spiro atoms. The SMILES string of the molecule is CC(C)COC1CCCCC1C#N. The lowest BCUT2D eigenvalue weighted by Gasteiger charge is -2.27. The monoisotopic (exact) mass is 181 g/mol. The number of rotatable bonds is 3. The molecule has 2 unspecified atom stereocenters. The van der Waals surface area contributed by atoms with Gasteiger partial charge in [0, 0.05) is 6.61 Å². The molecule has 1 rings (SSSR count). The Labute approximate surface area is 80.9 Å². The number of hydrogen-bond donors (Lipinski definition) is 0. The van der Waals surface area contributed by atoms with Crippen LogP contribution in [0.25, 0.3) is 0 Å². The van der Waals surface area contributed by atoms with Crippen LogP contribution in [0.1, 0.15) is 39.5 Å². The van der Waals surface area contributed by atoms with Crippen LogP contribution in [0, 0.1) is 23.2 Å². The van der Waals surface area contributed by atoms with Crippen LogP contribution in [-0.4, -0.2) is 12.7 Å². The van der Waals surface area contributed by atoms with Crippen LogP contribution in [-0.2, 0) is 4.74 Å². The molecule has 0 saturated heterocycles. The van der Waals surface area contributed by atoms with E-state index in [1.54, 1.807) is 0 Å². The van der Waals surface area contributed by atoms with Gasteiger partial charge in [0.2, 0.25) is 0 Å². The first-order valence-electron chi connectivity index (χ1n) is 5.25. The fourth-order valence-corrected chi connectivity index (χ4v) is 1.76. The van der Waals surface area contributed by atoms with Gasteiger partial charge in [-0.15, -0.1) is 0 Å². The van der Waals surface area contributed by atoms with Gasteiger partial charge in [-0.05, 0) is 18.8 Å². The van der Waals surface area contributed by atoms with Crippen LogP contribution < -0.4 is 0 Å². The zero-order valence-electron chi connectivity index (χ0n) is 8.62. The van der Waals surface area contributed by atoms with E-state index < -0.39 is 0 Å². The maximum absolute atomic E-state index is 8.90. The second-order valence-corrected chi connectivity index (χ2v) is 4.29. The highest BCUT2D eigenvalue weighted by molar-refractivity contribution is 4.91. The van der Waals surface area contributed by atoms with E-state index in [4.69, 9.17) is 10.00 Å². The number of ether oxygens (including phenoxy) is 1. The van der Waals surface area contributed by atoms with Crippen molar-refractivity contribution in [1.82, 2.24) is 0 Å². The average Bonchev–Trinajstić information content (AvgIpc) is 2.15. The molecule has 0 aliphatic heterocycles. The fourth-order valence-electron chi connectivity index (χ4n) is 1.76. The summed E-state index contributed by atoms with van der Waals surface area (Å²) in [5.41, 5.74) is 0. The first kappa shape index (κ1) is 10.5. The van der Waals surface area contributed by atoms with E-state index in [1.807, 2.05) is 0 Å². The number of nitriles is 1. The van der Waals surface area contributed by atoms with Crippen molar-refractivity contribution < 1.29 is 4.74 Å². The predicted molar refractivity (Wildman–Crippen MR) is 52.1 cm³/mol. The molecule has 74 valence electrons. The Morgan fingerprint density at radius 2 is 2.08 bits per heavy atom. The van der Waals surface area contributed by atoms with Crippen LogP contribution in [0.2, 0.25) is 0 Å². The summed E-state index contributed by atoms with van der Waals surface area (Å²) in [4.78, 5) is 0. The molecule has 0 aromatic carbocycles. The highest BCUT2D eigenvalue weighted by Crippen LogP contribution is 2.26. The summed E-state index contributed by atoms with van der Waals surface area (Å²) in [5.74, 6) is 0.716. The average molecular weight is 181 g/mol. The van der Waals surface area contributed by atoms with E-state index in [1.165, 1.54) is 12.8 Å². The van der Waals surface area contributed by atoms with Crippen molar-refractivity contribution in [3.63, 3.8) is 0 Å². The van der Waals surface area contributed by atoms with Gasteiger partial charge in [0.05, 0.1) is 18.1 Å². The maximum Gasteiger partial charge on any atom is 0.0733 e. The Morgan fingerprint density at radius 3 is 2.69 bits per heavy atom. The lowest BCUT2D eigenvalue weighted by molar-refractivity contribution is -0.00696. The second-order valence-electron chi connectivity index (χ2n) is 4.29. The molecule has 0 N–H and O–H groups in total. The van der Waals surface area contributed by atoms with Crippen LogP contribution in [0.3, 0.4) is 0 Å². The van der Waals surface area contributed by atoms with Crippen molar-refractivity contribution in [3.05, 3.63) is 0 Å². The molecule has 1 aliphatic rings. The van der Waals surface area contributed by atoms with E-state index in [0.717, 1.165) is 19.4 Å². The summed E-state index contributed by atoms with van der Waals surface area (Å²) in [5, 5.41) is 8.90. The van der Waals surface area contributed by atoms with Gasteiger partial charge in [-0.25, -0.2) is 0 Å². The molecule has 2 atom stereocenters. The molecule has 0 aromatic rings. The van der Waals surface area contributed by atoms with Gasteiger partial charge in [-0.2, -0.15) is 5.26 Å². The summed E-state index contributed by atoms with van der Waals surface area (Å²) in [7, 11) is 0. The predicted octanol–water partition coefficient (Wildman–Crippen LogP) is 2.74. The standard InChI is InChI=1S/C11H19NO/c1-9(2)8-13-11-6-4-3-5-10(11)7-12/h9-11H,3-6,8H2,1-2H3. The molecule has 0 amide bonds. The van der Waals surface area contributed by atoms with E-state index in [-0.39, 0.29) is 12.0 Å². The second kappa shape index (κ2) is 5.24. The molecular weight excluding hydrogens is 162 g/mol. The van der Waals surface area contributed by atoms with Gasteiger partial charge in [0.1, 0.15) is 0 Å². The smallest absolute Gasteiger partial charge is 0.0733 e. The van der Waals surface area contributed by atoms with E-state index in [2.05, 4.69) is 19.9 Å². The summed E-state index contributed by atoms with van der Waals surface area (Å²) in [6.45, 7) is 5.08. The fraction of sp³-hybridized carbons (Fsp3) is 0.909.